The second-order valence-electron chi connectivity index (χ2n) is 6.29. The molecule has 1 saturated heterocycles. The molecule has 1 aliphatic heterocycles. The number of hydrogen-bond donors (Lipinski definition) is 1. The van der Waals surface area contributed by atoms with E-state index in [1.807, 2.05) is 26.6 Å². The maximum atomic E-state index is 12.8. The first-order valence-corrected chi connectivity index (χ1v) is 8.91. The number of amides is 2. The van der Waals surface area contributed by atoms with E-state index in [-0.39, 0.29) is 17.2 Å². The van der Waals surface area contributed by atoms with Crippen molar-refractivity contribution in [3.05, 3.63) is 22.4 Å². The Kier molecular flexibility index (Phi) is 4.49. The molecular weight excluding hydrogens is 298 g/mol. The Hall–Kier alpha value is -1.40. The van der Waals surface area contributed by atoms with Crippen molar-refractivity contribution in [2.75, 3.05) is 32.7 Å². The van der Waals surface area contributed by atoms with Gasteiger partial charge in [0.1, 0.15) is 0 Å². The lowest BCUT2D eigenvalue weighted by atomic mass is 9.84. The van der Waals surface area contributed by atoms with Crippen molar-refractivity contribution in [3.63, 3.8) is 0 Å². The molecule has 2 fully saturated rings. The van der Waals surface area contributed by atoms with E-state index < -0.39 is 0 Å². The second-order valence-corrected chi connectivity index (χ2v) is 7.07. The van der Waals surface area contributed by atoms with Crippen LogP contribution in [0.3, 0.4) is 0 Å². The third-order valence-electron chi connectivity index (χ3n) is 5.03. The van der Waals surface area contributed by atoms with Crippen molar-refractivity contribution in [2.45, 2.75) is 25.7 Å². The van der Waals surface area contributed by atoms with Crippen molar-refractivity contribution >= 4 is 23.2 Å². The lowest BCUT2D eigenvalue weighted by Crippen LogP contribution is -2.55. The third kappa shape index (κ3) is 2.77. The average Bonchev–Trinajstić information content (AvgIpc) is 3.25. The van der Waals surface area contributed by atoms with Crippen LogP contribution in [0.2, 0.25) is 0 Å². The van der Waals surface area contributed by atoms with Crippen LogP contribution in [0.25, 0.3) is 0 Å². The van der Waals surface area contributed by atoms with Crippen LogP contribution in [-0.2, 0) is 4.79 Å². The van der Waals surface area contributed by atoms with Gasteiger partial charge in [0.2, 0.25) is 5.91 Å². The molecule has 0 aromatic carbocycles. The zero-order chi connectivity index (χ0) is 15.6. The minimum absolute atomic E-state index is 0.0720. The lowest BCUT2D eigenvalue weighted by Gasteiger charge is -2.39. The van der Waals surface area contributed by atoms with E-state index in [4.69, 9.17) is 5.73 Å². The van der Waals surface area contributed by atoms with E-state index >= 15 is 0 Å². The molecule has 2 amide bonds. The summed E-state index contributed by atoms with van der Waals surface area (Å²) in [6, 6.07) is 1.85. The van der Waals surface area contributed by atoms with Crippen molar-refractivity contribution in [1.82, 2.24) is 9.80 Å². The molecule has 2 heterocycles. The lowest BCUT2D eigenvalue weighted by molar-refractivity contribution is -0.143. The SMILES string of the molecule is NCC1(C(=O)N2CCN(C(=O)c3ccsc3)CC2)CCCC1. The Labute approximate surface area is 135 Å². The topological polar surface area (TPSA) is 66.6 Å². The van der Waals surface area contributed by atoms with Crippen molar-refractivity contribution < 1.29 is 9.59 Å². The van der Waals surface area contributed by atoms with E-state index in [0.717, 1.165) is 31.2 Å². The van der Waals surface area contributed by atoms with Crippen molar-refractivity contribution in [1.29, 1.82) is 0 Å². The molecule has 1 aromatic heterocycles. The molecule has 1 aliphatic carbocycles. The number of nitrogens with two attached hydrogens (primary N) is 1. The van der Waals surface area contributed by atoms with Gasteiger partial charge in [-0.15, -0.1) is 0 Å². The fourth-order valence-corrected chi connectivity index (χ4v) is 4.20. The van der Waals surface area contributed by atoms with Crippen LogP contribution >= 0.6 is 11.3 Å². The summed E-state index contributed by atoms with van der Waals surface area (Å²) in [7, 11) is 0. The van der Waals surface area contributed by atoms with Crippen molar-refractivity contribution in [3.8, 4) is 0 Å². The minimum Gasteiger partial charge on any atom is -0.339 e. The molecule has 3 rings (SSSR count). The van der Waals surface area contributed by atoms with Gasteiger partial charge in [-0.05, 0) is 24.3 Å². The molecule has 0 spiro atoms. The van der Waals surface area contributed by atoms with Gasteiger partial charge in [-0.2, -0.15) is 11.3 Å². The van der Waals surface area contributed by atoms with Crippen LogP contribution in [-0.4, -0.2) is 54.3 Å². The maximum Gasteiger partial charge on any atom is 0.254 e. The van der Waals surface area contributed by atoms with Crippen LogP contribution in [0.1, 0.15) is 36.0 Å². The number of carbonyl (C=O) groups excluding carboxylic acids is 2. The van der Waals surface area contributed by atoms with E-state index in [1.54, 1.807) is 0 Å². The zero-order valence-corrected chi connectivity index (χ0v) is 13.6. The summed E-state index contributed by atoms with van der Waals surface area (Å²) in [5, 5.41) is 3.79. The highest BCUT2D eigenvalue weighted by molar-refractivity contribution is 7.08. The van der Waals surface area contributed by atoms with Gasteiger partial charge in [0, 0.05) is 38.1 Å². The highest BCUT2D eigenvalue weighted by Crippen LogP contribution is 2.39. The van der Waals surface area contributed by atoms with E-state index in [0.29, 0.717) is 32.7 Å². The quantitative estimate of drug-likeness (QED) is 0.918. The van der Waals surface area contributed by atoms with Crippen LogP contribution < -0.4 is 5.73 Å². The van der Waals surface area contributed by atoms with Crippen LogP contribution in [0.15, 0.2) is 16.8 Å². The van der Waals surface area contributed by atoms with E-state index in [1.165, 1.54) is 11.3 Å². The summed E-state index contributed by atoms with van der Waals surface area (Å²) in [5.74, 6) is 0.276. The summed E-state index contributed by atoms with van der Waals surface area (Å²) < 4.78 is 0. The molecule has 0 atom stereocenters. The number of rotatable bonds is 3. The predicted octanol–water partition coefficient (Wildman–Crippen LogP) is 1.55. The normalized spacial score (nSPS) is 21.1. The number of hydrogen-bond acceptors (Lipinski definition) is 4. The van der Waals surface area contributed by atoms with Gasteiger partial charge in [0.15, 0.2) is 0 Å². The molecule has 0 unspecified atom stereocenters. The van der Waals surface area contributed by atoms with Crippen molar-refractivity contribution in [2.24, 2.45) is 11.1 Å². The van der Waals surface area contributed by atoms with Gasteiger partial charge in [-0.1, -0.05) is 12.8 Å². The highest BCUT2D eigenvalue weighted by Gasteiger charge is 2.43. The Bertz CT molecular complexity index is 530. The zero-order valence-electron chi connectivity index (χ0n) is 12.8. The Morgan fingerprint density at radius 1 is 1.14 bits per heavy atom. The second kappa shape index (κ2) is 6.38. The molecule has 1 aromatic rings. The van der Waals surface area contributed by atoms with Gasteiger partial charge in [-0.3, -0.25) is 9.59 Å². The van der Waals surface area contributed by atoms with Crippen LogP contribution in [0, 0.1) is 5.41 Å². The number of thiophene rings is 1. The largest absolute Gasteiger partial charge is 0.339 e. The van der Waals surface area contributed by atoms with Gasteiger partial charge in [-0.25, -0.2) is 0 Å². The summed E-state index contributed by atoms with van der Waals surface area (Å²) in [5.41, 5.74) is 6.32. The smallest absolute Gasteiger partial charge is 0.254 e. The monoisotopic (exact) mass is 321 g/mol. The summed E-state index contributed by atoms with van der Waals surface area (Å²) in [6.07, 6.45) is 4.02. The molecule has 6 heteroatoms. The Morgan fingerprint density at radius 3 is 2.32 bits per heavy atom. The van der Waals surface area contributed by atoms with Crippen LogP contribution in [0.5, 0.6) is 0 Å². The fraction of sp³-hybridized carbons (Fsp3) is 0.625. The standard InChI is InChI=1S/C16H23N3O2S/c17-12-16(4-1-2-5-16)15(21)19-8-6-18(7-9-19)14(20)13-3-10-22-11-13/h3,10-11H,1-2,4-9,12,17H2. The molecular formula is C16H23N3O2S. The van der Waals surface area contributed by atoms with Gasteiger partial charge >= 0.3 is 0 Å². The number of piperazine rings is 1. The third-order valence-corrected chi connectivity index (χ3v) is 5.71. The van der Waals surface area contributed by atoms with Gasteiger partial charge in [0.25, 0.3) is 5.91 Å². The summed E-state index contributed by atoms with van der Waals surface area (Å²) in [6.45, 7) is 2.91. The maximum absolute atomic E-state index is 12.8. The van der Waals surface area contributed by atoms with Gasteiger partial charge in [0.05, 0.1) is 11.0 Å². The summed E-state index contributed by atoms with van der Waals surface area (Å²) in [4.78, 5) is 28.9. The molecule has 5 nitrogen and oxygen atoms in total. The predicted molar refractivity (Wildman–Crippen MR) is 86.8 cm³/mol. The molecule has 2 aliphatic rings. The summed E-state index contributed by atoms with van der Waals surface area (Å²) >= 11 is 1.53. The van der Waals surface area contributed by atoms with Crippen LogP contribution in [0.4, 0.5) is 0 Å². The first-order chi connectivity index (χ1) is 10.7. The highest BCUT2D eigenvalue weighted by atomic mass is 32.1. The van der Waals surface area contributed by atoms with Gasteiger partial charge < -0.3 is 15.5 Å². The fourth-order valence-electron chi connectivity index (χ4n) is 3.57. The average molecular weight is 321 g/mol. The van der Waals surface area contributed by atoms with E-state index in [2.05, 4.69) is 0 Å². The number of carbonyl (C=O) groups is 2. The van der Waals surface area contributed by atoms with E-state index in [9.17, 15) is 9.59 Å². The molecule has 0 bridgehead atoms. The Morgan fingerprint density at radius 2 is 1.77 bits per heavy atom. The molecule has 0 radical (unpaired) electrons. The molecule has 1 saturated carbocycles. The molecule has 2 N–H and O–H groups in total. The first kappa shape index (κ1) is 15.5. The molecule has 22 heavy (non-hydrogen) atoms. The Balaban J connectivity index is 1.60. The minimum atomic E-state index is -0.334. The molecule has 120 valence electrons. The number of nitrogens with zero attached hydrogens (tertiary/aromatic N) is 2. The first-order valence-electron chi connectivity index (χ1n) is 7.97.